The second kappa shape index (κ2) is 6.98. The molecule has 1 amide bonds. The third kappa shape index (κ3) is 4.49. The molecule has 1 fully saturated rings. The van der Waals surface area contributed by atoms with Crippen molar-refractivity contribution in [3.63, 3.8) is 0 Å². The molecule has 0 saturated heterocycles. The van der Waals surface area contributed by atoms with Gasteiger partial charge in [-0.25, -0.2) is 8.78 Å². The Morgan fingerprint density at radius 1 is 1.24 bits per heavy atom. The molecule has 0 unspecified atom stereocenters. The fourth-order valence-electron chi connectivity index (χ4n) is 2.96. The molecule has 1 aliphatic rings. The molecule has 116 valence electrons. The first-order valence-corrected chi connectivity index (χ1v) is 7.47. The standard InChI is InChI=1S/C16H22F2N2O/c1-11(2)20(15-5-3-4-6-15)10-16(21)19-14-8-12(17)7-13(18)9-14/h7-9,11,15H,3-6,10H2,1-2H3,(H,19,21). The molecule has 3 nitrogen and oxygen atoms in total. The Balaban J connectivity index is 1.98. The number of nitrogens with zero attached hydrogens (tertiary/aromatic N) is 1. The Morgan fingerprint density at radius 3 is 2.33 bits per heavy atom. The number of benzene rings is 1. The van der Waals surface area contributed by atoms with Crippen LogP contribution < -0.4 is 5.32 Å². The van der Waals surface area contributed by atoms with Crippen LogP contribution >= 0.6 is 0 Å². The number of nitrogens with one attached hydrogen (secondary N) is 1. The molecule has 0 heterocycles. The SMILES string of the molecule is CC(C)N(CC(=O)Nc1cc(F)cc(F)c1)C1CCCC1. The first kappa shape index (κ1) is 15.9. The molecule has 0 aliphatic heterocycles. The van der Waals surface area contributed by atoms with E-state index in [1.165, 1.54) is 12.8 Å². The maximum atomic E-state index is 13.1. The first-order chi connectivity index (χ1) is 9.95. The van der Waals surface area contributed by atoms with Gasteiger partial charge in [0, 0.05) is 23.8 Å². The number of carbonyl (C=O) groups is 1. The Hall–Kier alpha value is -1.49. The maximum absolute atomic E-state index is 13.1. The zero-order valence-electron chi connectivity index (χ0n) is 12.5. The highest BCUT2D eigenvalue weighted by molar-refractivity contribution is 5.92. The van der Waals surface area contributed by atoms with Crippen molar-refractivity contribution in [1.82, 2.24) is 4.90 Å². The molecule has 0 bridgehead atoms. The lowest BCUT2D eigenvalue weighted by Crippen LogP contribution is -2.43. The molecule has 1 aliphatic carbocycles. The second-order valence-corrected chi connectivity index (χ2v) is 5.91. The van der Waals surface area contributed by atoms with Gasteiger partial charge in [-0.1, -0.05) is 12.8 Å². The third-order valence-corrected chi connectivity index (χ3v) is 3.93. The molecule has 1 saturated carbocycles. The van der Waals surface area contributed by atoms with E-state index >= 15 is 0 Å². The summed E-state index contributed by atoms with van der Waals surface area (Å²) in [6, 6.07) is 3.73. The van der Waals surface area contributed by atoms with Gasteiger partial charge in [0.15, 0.2) is 0 Å². The Labute approximate surface area is 124 Å². The van der Waals surface area contributed by atoms with Crippen molar-refractivity contribution in [3.8, 4) is 0 Å². The van der Waals surface area contributed by atoms with E-state index in [0.717, 1.165) is 31.0 Å². The van der Waals surface area contributed by atoms with E-state index in [0.29, 0.717) is 6.04 Å². The van der Waals surface area contributed by atoms with Crippen molar-refractivity contribution in [3.05, 3.63) is 29.8 Å². The van der Waals surface area contributed by atoms with Crippen molar-refractivity contribution in [1.29, 1.82) is 0 Å². The van der Waals surface area contributed by atoms with Crippen LogP contribution in [-0.2, 0) is 4.79 Å². The lowest BCUT2D eigenvalue weighted by molar-refractivity contribution is -0.118. The van der Waals surface area contributed by atoms with Crippen LogP contribution in [0.15, 0.2) is 18.2 Å². The van der Waals surface area contributed by atoms with Crippen molar-refractivity contribution in [2.45, 2.75) is 51.6 Å². The van der Waals surface area contributed by atoms with Crippen LogP contribution in [0.1, 0.15) is 39.5 Å². The molecule has 1 N–H and O–H groups in total. The average Bonchev–Trinajstić information content (AvgIpc) is 2.87. The summed E-state index contributed by atoms with van der Waals surface area (Å²) in [5.41, 5.74) is 0.160. The van der Waals surface area contributed by atoms with Crippen molar-refractivity contribution >= 4 is 11.6 Å². The molecule has 21 heavy (non-hydrogen) atoms. The van der Waals surface area contributed by atoms with E-state index in [1.807, 2.05) is 0 Å². The fraction of sp³-hybridized carbons (Fsp3) is 0.562. The molecular weight excluding hydrogens is 274 g/mol. The molecule has 0 spiro atoms. The minimum absolute atomic E-state index is 0.160. The lowest BCUT2D eigenvalue weighted by Gasteiger charge is -2.31. The quantitative estimate of drug-likeness (QED) is 0.901. The smallest absolute Gasteiger partial charge is 0.238 e. The van der Waals surface area contributed by atoms with Gasteiger partial charge in [0.05, 0.1) is 6.54 Å². The summed E-state index contributed by atoms with van der Waals surface area (Å²) in [5.74, 6) is -1.62. The second-order valence-electron chi connectivity index (χ2n) is 5.91. The van der Waals surface area contributed by atoms with Gasteiger partial charge in [-0.05, 0) is 38.8 Å². The molecule has 0 atom stereocenters. The van der Waals surface area contributed by atoms with E-state index in [4.69, 9.17) is 0 Å². The van der Waals surface area contributed by atoms with Gasteiger partial charge in [0.1, 0.15) is 11.6 Å². The minimum atomic E-state index is -0.693. The molecule has 2 rings (SSSR count). The van der Waals surface area contributed by atoms with Gasteiger partial charge in [-0.15, -0.1) is 0 Å². The van der Waals surface area contributed by atoms with E-state index in [1.54, 1.807) is 0 Å². The fourth-order valence-corrected chi connectivity index (χ4v) is 2.96. The predicted octanol–water partition coefficient (Wildman–Crippen LogP) is 3.56. The van der Waals surface area contributed by atoms with Crippen LogP contribution in [0.5, 0.6) is 0 Å². The molecule has 1 aromatic carbocycles. The number of carbonyl (C=O) groups excluding carboxylic acids is 1. The zero-order chi connectivity index (χ0) is 15.4. The van der Waals surface area contributed by atoms with Crippen LogP contribution in [0.4, 0.5) is 14.5 Å². The normalized spacial score (nSPS) is 15.9. The molecule has 0 aromatic heterocycles. The number of amides is 1. The zero-order valence-corrected chi connectivity index (χ0v) is 12.5. The molecule has 5 heteroatoms. The summed E-state index contributed by atoms with van der Waals surface area (Å²) in [6.07, 6.45) is 4.62. The van der Waals surface area contributed by atoms with Crippen LogP contribution in [0.2, 0.25) is 0 Å². The topological polar surface area (TPSA) is 32.3 Å². The van der Waals surface area contributed by atoms with Crippen molar-refractivity contribution in [2.24, 2.45) is 0 Å². The monoisotopic (exact) mass is 296 g/mol. The van der Waals surface area contributed by atoms with Gasteiger partial charge < -0.3 is 5.32 Å². The predicted molar refractivity (Wildman–Crippen MR) is 79.1 cm³/mol. The number of rotatable bonds is 5. The summed E-state index contributed by atoms with van der Waals surface area (Å²) in [5, 5.41) is 2.57. The molecule has 0 radical (unpaired) electrons. The Kier molecular flexibility index (Phi) is 5.28. The van der Waals surface area contributed by atoms with Gasteiger partial charge in [0.2, 0.25) is 5.91 Å². The van der Waals surface area contributed by atoms with Crippen molar-refractivity contribution in [2.75, 3.05) is 11.9 Å². The largest absolute Gasteiger partial charge is 0.325 e. The minimum Gasteiger partial charge on any atom is -0.325 e. The van der Waals surface area contributed by atoms with E-state index < -0.39 is 11.6 Å². The third-order valence-electron chi connectivity index (χ3n) is 3.93. The summed E-state index contributed by atoms with van der Waals surface area (Å²) in [4.78, 5) is 14.3. The van der Waals surface area contributed by atoms with Gasteiger partial charge in [-0.2, -0.15) is 0 Å². The first-order valence-electron chi connectivity index (χ1n) is 7.47. The van der Waals surface area contributed by atoms with E-state index in [-0.39, 0.29) is 24.2 Å². The molecular formula is C16H22F2N2O. The van der Waals surface area contributed by atoms with Crippen LogP contribution in [-0.4, -0.2) is 29.4 Å². The summed E-state index contributed by atoms with van der Waals surface area (Å²) < 4.78 is 26.2. The number of hydrogen-bond donors (Lipinski definition) is 1. The van der Waals surface area contributed by atoms with Crippen molar-refractivity contribution < 1.29 is 13.6 Å². The number of hydrogen-bond acceptors (Lipinski definition) is 2. The number of anilines is 1. The average molecular weight is 296 g/mol. The Bertz CT molecular complexity index is 479. The van der Waals surface area contributed by atoms with Crippen LogP contribution in [0.25, 0.3) is 0 Å². The highest BCUT2D eigenvalue weighted by atomic mass is 19.1. The maximum Gasteiger partial charge on any atom is 0.238 e. The summed E-state index contributed by atoms with van der Waals surface area (Å²) in [6.45, 7) is 4.38. The van der Waals surface area contributed by atoms with Gasteiger partial charge >= 0.3 is 0 Å². The highest BCUT2D eigenvalue weighted by Gasteiger charge is 2.26. The highest BCUT2D eigenvalue weighted by Crippen LogP contribution is 2.25. The van der Waals surface area contributed by atoms with Crippen LogP contribution in [0, 0.1) is 11.6 Å². The lowest BCUT2D eigenvalue weighted by atomic mass is 10.1. The van der Waals surface area contributed by atoms with E-state index in [2.05, 4.69) is 24.1 Å². The van der Waals surface area contributed by atoms with Gasteiger partial charge in [-0.3, -0.25) is 9.69 Å². The summed E-state index contributed by atoms with van der Waals surface area (Å²) in [7, 11) is 0. The van der Waals surface area contributed by atoms with Crippen LogP contribution in [0.3, 0.4) is 0 Å². The number of halogens is 2. The Morgan fingerprint density at radius 2 is 1.81 bits per heavy atom. The molecule has 1 aromatic rings. The van der Waals surface area contributed by atoms with Gasteiger partial charge in [0.25, 0.3) is 0 Å². The van der Waals surface area contributed by atoms with E-state index in [9.17, 15) is 13.6 Å². The summed E-state index contributed by atoms with van der Waals surface area (Å²) >= 11 is 0.